The first kappa shape index (κ1) is 26.1. The Labute approximate surface area is 207 Å². The first-order valence-corrected chi connectivity index (χ1v) is 12.7. The molecule has 8 heteroatoms. The Morgan fingerprint density at radius 2 is 1.51 bits per heavy atom. The lowest BCUT2D eigenvalue weighted by atomic mass is 10.0. The van der Waals surface area contributed by atoms with Gasteiger partial charge >= 0.3 is 0 Å². The number of aryl methyl sites for hydroxylation is 3. The van der Waals surface area contributed by atoms with Gasteiger partial charge in [-0.1, -0.05) is 41.5 Å². The first-order chi connectivity index (χ1) is 16.6. The van der Waals surface area contributed by atoms with Crippen LogP contribution in [-0.2, 0) is 14.8 Å². The Kier molecular flexibility index (Phi) is 8.07. The number of carbonyl (C=O) groups is 1. The van der Waals surface area contributed by atoms with Gasteiger partial charge in [-0.3, -0.25) is 9.10 Å². The van der Waals surface area contributed by atoms with E-state index in [1.807, 2.05) is 39.8 Å². The van der Waals surface area contributed by atoms with Crippen LogP contribution in [0, 0.1) is 20.8 Å². The van der Waals surface area contributed by atoms with E-state index >= 15 is 0 Å². The molecular formula is C27H32N2O5S. The number of hydrogen-bond donors (Lipinski definition) is 1. The predicted molar refractivity (Wildman–Crippen MR) is 138 cm³/mol. The largest absolute Gasteiger partial charge is 0.493 e. The number of carbonyl (C=O) groups excluding carboxylic acids is 1. The van der Waals surface area contributed by atoms with Crippen molar-refractivity contribution in [3.63, 3.8) is 0 Å². The number of anilines is 1. The summed E-state index contributed by atoms with van der Waals surface area (Å²) in [4.78, 5) is 13.2. The van der Waals surface area contributed by atoms with Gasteiger partial charge in [-0.05, 0) is 63.1 Å². The molecule has 0 aromatic heterocycles. The van der Waals surface area contributed by atoms with Crippen molar-refractivity contribution in [3.8, 4) is 11.5 Å². The second-order valence-electron chi connectivity index (χ2n) is 8.51. The van der Waals surface area contributed by atoms with Crippen molar-refractivity contribution in [3.05, 3.63) is 82.9 Å². The molecule has 7 nitrogen and oxygen atoms in total. The lowest BCUT2D eigenvalue weighted by Gasteiger charge is -2.26. The van der Waals surface area contributed by atoms with Crippen LogP contribution in [0.25, 0.3) is 0 Å². The minimum absolute atomic E-state index is 0.0908. The highest BCUT2D eigenvalue weighted by Gasteiger charge is 2.28. The number of rotatable bonds is 9. The Morgan fingerprint density at radius 1 is 0.886 bits per heavy atom. The molecule has 0 saturated carbocycles. The Bertz CT molecular complexity index is 1300. The van der Waals surface area contributed by atoms with Gasteiger partial charge in [-0.15, -0.1) is 0 Å². The maximum atomic E-state index is 13.7. The third kappa shape index (κ3) is 5.95. The monoisotopic (exact) mass is 496 g/mol. The summed E-state index contributed by atoms with van der Waals surface area (Å²) >= 11 is 0. The quantitative estimate of drug-likeness (QED) is 0.464. The fourth-order valence-corrected chi connectivity index (χ4v) is 5.35. The van der Waals surface area contributed by atoms with E-state index < -0.39 is 22.5 Å². The van der Waals surface area contributed by atoms with Crippen molar-refractivity contribution < 1.29 is 22.7 Å². The van der Waals surface area contributed by atoms with Gasteiger partial charge in [0.05, 0.1) is 30.8 Å². The Hall–Kier alpha value is -3.52. The molecule has 1 amide bonds. The number of amides is 1. The van der Waals surface area contributed by atoms with Crippen LogP contribution in [0.4, 0.5) is 5.69 Å². The van der Waals surface area contributed by atoms with E-state index in [9.17, 15) is 13.2 Å². The van der Waals surface area contributed by atoms with E-state index in [1.54, 1.807) is 30.3 Å². The molecule has 0 aliphatic rings. The van der Waals surface area contributed by atoms with E-state index in [2.05, 4.69) is 11.4 Å². The SMILES string of the molecule is COc1ccc(N(CC(=O)N[C@H](C)c2ccc(C)cc2C)S(=O)(=O)c2ccc(C)cc2)cc1OC. The molecule has 35 heavy (non-hydrogen) atoms. The highest BCUT2D eigenvalue weighted by molar-refractivity contribution is 7.92. The van der Waals surface area contributed by atoms with E-state index in [0.29, 0.717) is 11.5 Å². The summed E-state index contributed by atoms with van der Waals surface area (Å²) in [6.07, 6.45) is 0. The predicted octanol–water partition coefficient (Wildman–Crippen LogP) is 4.70. The highest BCUT2D eigenvalue weighted by Crippen LogP contribution is 2.34. The van der Waals surface area contributed by atoms with Gasteiger partial charge in [-0.25, -0.2) is 8.42 Å². The minimum atomic E-state index is -4.05. The van der Waals surface area contributed by atoms with Crippen molar-refractivity contribution >= 4 is 21.6 Å². The molecule has 186 valence electrons. The molecule has 0 radical (unpaired) electrons. The molecule has 3 rings (SSSR count). The zero-order chi connectivity index (χ0) is 25.8. The number of ether oxygens (including phenoxy) is 2. The van der Waals surface area contributed by atoms with Crippen LogP contribution in [-0.4, -0.2) is 35.1 Å². The standard InChI is InChI=1S/C27H32N2O5S/c1-18-7-11-23(12-8-18)35(31,32)29(22-10-14-25(33-5)26(16-22)34-6)17-27(30)28-21(4)24-13-9-19(2)15-20(24)3/h7-16,21H,17H2,1-6H3,(H,28,30)/t21-/m1/s1. The molecule has 3 aromatic carbocycles. The fourth-order valence-electron chi connectivity index (χ4n) is 3.94. The molecule has 0 bridgehead atoms. The maximum absolute atomic E-state index is 13.7. The van der Waals surface area contributed by atoms with Crippen molar-refractivity contribution in [2.24, 2.45) is 0 Å². The van der Waals surface area contributed by atoms with E-state index in [0.717, 1.165) is 26.6 Å². The minimum Gasteiger partial charge on any atom is -0.493 e. The molecule has 3 aromatic rings. The maximum Gasteiger partial charge on any atom is 0.264 e. The topological polar surface area (TPSA) is 84.9 Å². The summed E-state index contributed by atoms with van der Waals surface area (Å²) in [5.74, 6) is 0.387. The van der Waals surface area contributed by atoms with E-state index in [-0.39, 0.29) is 16.6 Å². The third-order valence-corrected chi connectivity index (χ3v) is 7.61. The molecular weight excluding hydrogens is 464 g/mol. The van der Waals surface area contributed by atoms with Gasteiger partial charge < -0.3 is 14.8 Å². The van der Waals surface area contributed by atoms with Crippen LogP contribution >= 0.6 is 0 Å². The van der Waals surface area contributed by atoms with Crippen molar-refractivity contribution in [2.75, 3.05) is 25.1 Å². The van der Waals surface area contributed by atoms with Crippen molar-refractivity contribution in [1.82, 2.24) is 5.32 Å². The summed E-state index contributed by atoms with van der Waals surface area (Å²) < 4.78 is 39.0. The zero-order valence-corrected chi connectivity index (χ0v) is 21.8. The second kappa shape index (κ2) is 10.8. The van der Waals surface area contributed by atoms with Crippen LogP contribution in [0.5, 0.6) is 11.5 Å². The average Bonchev–Trinajstić information content (AvgIpc) is 2.82. The summed E-state index contributed by atoms with van der Waals surface area (Å²) in [5, 5.41) is 2.94. The second-order valence-corrected chi connectivity index (χ2v) is 10.4. The molecule has 0 aliphatic heterocycles. The van der Waals surface area contributed by atoms with Gasteiger partial charge in [0.2, 0.25) is 5.91 Å². The van der Waals surface area contributed by atoms with Crippen LogP contribution in [0.1, 0.15) is 35.2 Å². The molecule has 0 fully saturated rings. The molecule has 0 heterocycles. The van der Waals surface area contributed by atoms with Gasteiger partial charge in [0.1, 0.15) is 6.54 Å². The van der Waals surface area contributed by atoms with Gasteiger partial charge in [-0.2, -0.15) is 0 Å². The smallest absolute Gasteiger partial charge is 0.264 e. The molecule has 0 unspecified atom stereocenters. The number of sulfonamides is 1. The third-order valence-electron chi connectivity index (χ3n) is 5.82. The Balaban J connectivity index is 1.96. The van der Waals surface area contributed by atoms with Crippen LogP contribution in [0.15, 0.2) is 65.6 Å². The van der Waals surface area contributed by atoms with Gasteiger partial charge in [0, 0.05) is 6.07 Å². The lowest BCUT2D eigenvalue weighted by Crippen LogP contribution is -2.41. The van der Waals surface area contributed by atoms with Crippen molar-refractivity contribution in [1.29, 1.82) is 0 Å². The highest BCUT2D eigenvalue weighted by atomic mass is 32.2. The van der Waals surface area contributed by atoms with Crippen LogP contribution < -0.4 is 19.1 Å². The van der Waals surface area contributed by atoms with Crippen LogP contribution in [0.3, 0.4) is 0 Å². The fraction of sp³-hybridized carbons (Fsp3) is 0.296. The zero-order valence-electron chi connectivity index (χ0n) is 21.0. The van der Waals surface area contributed by atoms with Crippen LogP contribution in [0.2, 0.25) is 0 Å². The molecule has 1 N–H and O–H groups in total. The summed E-state index contributed by atoms with van der Waals surface area (Å²) in [6, 6.07) is 17.0. The average molecular weight is 497 g/mol. The molecule has 0 spiro atoms. The molecule has 0 saturated heterocycles. The lowest BCUT2D eigenvalue weighted by molar-refractivity contribution is -0.120. The number of nitrogens with zero attached hydrogens (tertiary/aromatic N) is 1. The molecule has 1 atom stereocenters. The van der Waals surface area contributed by atoms with E-state index in [1.165, 1.54) is 26.4 Å². The number of nitrogens with one attached hydrogen (secondary N) is 1. The van der Waals surface area contributed by atoms with Gasteiger partial charge in [0.25, 0.3) is 10.0 Å². The summed E-state index contributed by atoms with van der Waals surface area (Å²) in [7, 11) is -1.08. The van der Waals surface area contributed by atoms with E-state index in [4.69, 9.17) is 9.47 Å². The normalized spacial score (nSPS) is 12.1. The summed E-state index contributed by atoms with van der Waals surface area (Å²) in [6.45, 7) is 7.36. The van der Waals surface area contributed by atoms with Crippen molar-refractivity contribution in [2.45, 2.75) is 38.6 Å². The first-order valence-electron chi connectivity index (χ1n) is 11.2. The number of hydrogen-bond acceptors (Lipinski definition) is 5. The Morgan fingerprint density at radius 3 is 2.11 bits per heavy atom. The summed E-state index contributed by atoms with van der Waals surface area (Å²) in [5.41, 5.74) is 4.39. The molecule has 0 aliphatic carbocycles. The number of benzene rings is 3. The van der Waals surface area contributed by atoms with Gasteiger partial charge in [0.15, 0.2) is 11.5 Å². The number of methoxy groups -OCH3 is 2.